The van der Waals surface area contributed by atoms with Crippen molar-refractivity contribution >= 4 is 55.9 Å². The number of pyridine rings is 1. The van der Waals surface area contributed by atoms with Crippen LogP contribution in [-0.2, 0) is 20.5 Å². The molecule has 2 heterocycles. The minimum atomic E-state index is -3.76. The zero-order valence-electron chi connectivity index (χ0n) is 16.5. The highest BCUT2D eigenvalue weighted by Crippen LogP contribution is 2.15. The fraction of sp³-hybridized carbons (Fsp3) is 0.250. The van der Waals surface area contributed by atoms with Crippen molar-refractivity contribution < 1.29 is 13.2 Å². The summed E-state index contributed by atoms with van der Waals surface area (Å²) in [7, 11) is -2.09. The highest BCUT2D eigenvalue weighted by Gasteiger charge is 2.21. The van der Waals surface area contributed by atoms with E-state index in [4.69, 9.17) is 24.4 Å². The number of nitrogens with zero attached hydrogens (tertiary/aromatic N) is 4. The Morgan fingerprint density at radius 2 is 1.90 bits per heavy atom. The van der Waals surface area contributed by atoms with E-state index in [9.17, 15) is 13.2 Å². The molecule has 0 aliphatic heterocycles. The molecule has 7 nitrogen and oxygen atoms in total. The number of benzene rings is 1. The molecule has 0 radical (unpaired) electrons. The van der Waals surface area contributed by atoms with Crippen LogP contribution >= 0.6 is 24.4 Å². The Morgan fingerprint density at radius 3 is 2.60 bits per heavy atom. The van der Waals surface area contributed by atoms with Crippen molar-refractivity contribution in [1.29, 1.82) is 0 Å². The molecule has 0 aliphatic carbocycles. The summed E-state index contributed by atoms with van der Waals surface area (Å²) in [6, 6.07) is 10.9. The molecule has 0 saturated carbocycles. The maximum absolute atomic E-state index is 12.7. The standard InChI is InChI=1S/C20H20N4O3S3/c1-14-22-18-10-21-9-8-17(18)20(29)24(14)13-30(26,27)12-16(25)11-23(2)19(28)15-6-4-3-5-7-15/h3-10H,11-13H2,1-2H3. The third-order valence-electron chi connectivity index (χ3n) is 4.44. The van der Waals surface area contributed by atoms with Crippen LogP contribution in [-0.4, -0.2) is 58.0 Å². The van der Waals surface area contributed by atoms with E-state index >= 15 is 0 Å². The van der Waals surface area contributed by atoms with E-state index in [1.807, 2.05) is 30.3 Å². The van der Waals surface area contributed by atoms with Crippen molar-refractivity contribution in [3.05, 3.63) is 64.8 Å². The number of fused-ring (bicyclic) bond motifs is 1. The average Bonchev–Trinajstić information content (AvgIpc) is 2.70. The van der Waals surface area contributed by atoms with E-state index in [0.717, 1.165) is 5.56 Å². The van der Waals surface area contributed by atoms with Crippen molar-refractivity contribution in [2.75, 3.05) is 19.3 Å². The number of carbonyl (C=O) groups is 1. The van der Waals surface area contributed by atoms with E-state index in [1.165, 1.54) is 4.57 Å². The second kappa shape index (κ2) is 9.07. The zero-order chi connectivity index (χ0) is 21.9. The van der Waals surface area contributed by atoms with Crippen LogP contribution in [0.15, 0.2) is 48.8 Å². The van der Waals surface area contributed by atoms with Gasteiger partial charge in [-0.3, -0.25) is 9.78 Å². The second-order valence-electron chi connectivity index (χ2n) is 6.87. The molecule has 3 aromatic rings. The number of sulfone groups is 1. The molecule has 0 bridgehead atoms. The molecule has 0 N–H and O–H groups in total. The molecule has 0 saturated heterocycles. The Labute approximate surface area is 185 Å². The molecule has 2 aromatic heterocycles. The maximum atomic E-state index is 12.7. The molecule has 0 unspecified atom stereocenters. The number of likely N-dealkylation sites (N-methyl/N-ethyl adjacent to an activating group) is 1. The summed E-state index contributed by atoms with van der Waals surface area (Å²) in [5.74, 6) is -1.02. The van der Waals surface area contributed by atoms with Crippen molar-refractivity contribution in [2.45, 2.75) is 12.8 Å². The van der Waals surface area contributed by atoms with Crippen LogP contribution in [0.5, 0.6) is 0 Å². The molecule has 0 amide bonds. The number of rotatable bonds is 7. The molecule has 10 heteroatoms. The number of hydrogen-bond donors (Lipinski definition) is 0. The van der Waals surface area contributed by atoms with E-state index in [1.54, 1.807) is 37.3 Å². The van der Waals surface area contributed by atoms with E-state index < -0.39 is 27.3 Å². The van der Waals surface area contributed by atoms with Crippen LogP contribution in [0, 0.1) is 11.6 Å². The van der Waals surface area contributed by atoms with Gasteiger partial charge in [-0.1, -0.05) is 54.8 Å². The predicted molar refractivity (Wildman–Crippen MR) is 123 cm³/mol. The first kappa shape index (κ1) is 22.1. The number of Topliss-reactive ketones (excluding diaryl/α,β-unsaturated/α-hetero) is 1. The van der Waals surface area contributed by atoms with Gasteiger partial charge in [0.2, 0.25) is 0 Å². The summed E-state index contributed by atoms with van der Waals surface area (Å²) in [5.41, 5.74) is 1.39. The van der Waals surface area contributed by atoms with Gasteiger partial charge in [0.15, 0.2) is 15.6 Å². The minimum absolute atomic E-state index is 0.0982. The molecular weight excluding hydrogens is 440 g/mol. The number of aryl methyl sites for hydroxylation is 1. The molecular formula is C20H20N4O3S3. The minimum Gasteiger partial charge on any atom is -0.358 e. The van der Waals surface area contributed by atoms with Crippen LogP contribution in [0.4, 0.5) is 0 Å². The smallest absolute Gasteiger partial charge is 0.175 e. The highest BCUT2D eigenvalue weighted by atomic mass is 32.2. The zero-order valence-corrected chi connectivity index (χ0v) is 18.9. The summed E-state index contributed by atoms with van der Waals surface area (Å²) in [6.45, 7) is 1.57. The Kier molecular flexibility index (Phi) is 6.69. The van der Waals surface area contributed by atoms with Crippen LogP contribution < -0.4 is 0 Å². The van der Waals surface area contributed by atoms with Gasteiger partial charge in [0.1, 0.15) is 27.1 Å². The Hall–Kier alpha value is -2.56. The van der Waals surface area contributed by atoms with Crippen molar-refractivity contribution in [3.8, 4) is 0 Å². The van der Waals surface area contributed by atoms with Gasteiger partial charge in [-0.2, -0.15) is 0 Å². The van der Waals surface area contributed by atoms with Crippen LogP contribution in [0.3, 0.4) is 0 Å². The first-order chi connectivity index (χ1) is 14.2. The fourth-order valence-corrected chi connectivity index (χ4v) is 5.04. The maximum Gasteiger partial charge on any atom is 0.175 e. The molecule has 0 atom stereocenters. The summed E-state index contributed by atoms with van der Waals surface area (Å²) in [4.78, 5) is 22.9. The average molecular weight is 461 g/mol. The van der Waals surface area contributed by atoms with Gasteiger partial charge in [-0.15, -0.1) is 0 Å². The number of aromatic nitrogens is 3. The van der Waals surface area contributed by atoms with Gasteiger partial charge in [0, 0.05) is 24.2 Å². The Balaban J connectivity index is 1.72. The van der Waals surface area contributed by atoms with Gasteiger partial charge < -0.3 is 9.47 Å². The van der Waals surface area contributed by atoms with Crippen molar-refractivity contribution in [1.82, 2.24) is 19.4 Å². The van der Waals surface area contributed by atoms with Gasteiger partial charge in [0.05, 0.1) is 18.3 Å². The molecule has 0 aliphatic rings. The summed E-state index contributed by atoms with van der Waals surface area (Å²) in [6.07, 6.45) is 3.15. The van der Waals surface area contributed by atoms with E-state index in [0.29, 0.717) is 26.4 Å². The molecule has 1 aromatic carbocycles. The third-order valence-corrected chi connectivity index (χ3v) is 6.84. The molecule has 0 spiro atoms. The van der Waals surface area contributed by atoms with Crippen LogP contribution in [0.2, 0.25) is 0 Å². The Morgan fingerprint density at radius 1 is 1.20 bits per heavy atom. The topological polar surface area (TPSA) is 85.2 Å². The van der Waals surface area contributed by atoms with Crippen LogP contribution in [0.25, 0.3) is 10.9 Å². The molecule has 0 fully saturated rings. The predicted octanol–water partition coefficient (Wildman–Crippen LogP) is 2.72. The lowest BCUT2D eigenvalue weighted by atomic mass is 10.2. The lowest BCUT2D eigenvalue weighted by Crippen LogP contribution is -2.35. The second-order valence-corrected chi connectivity index (χ2v) is 9.68. The molecule has 156 valence electrons. The van der Waals surface area contributed by atoms with Gasteiger partial charge >= 0.3 is 0 Å². The SMILES string of the molecule is Cc1nc2cnccc2c(=S)n1CS(=O)(=O)CC(=O)CN(C)C(=S)c1ccccc1. The highest BCUT2D eigenvalue weighted by molar-refractivity contribution is 7.91. The Bertz CT molecular complexity index is 1270. The lowest BCUT2D eigenvalue weighted by molar-refractivity contribution is -0.116. The van der Waals surface area contributed by atoms with Gasteiger partial charge in [0.25, 0.3) is 0 Å². The lowest BCUT2D eigenvalue weighted by Gasteiger charge is -2.19. The third kappa shape index (κ3) is 5.13. The number of hydrogen-bond acceptors (Lipinski definition) is 7. The molecule has 3 rings (SSSR count). The summed E-state index contributed by atoms with van der Waals surface area (Å²) in [5, 5.41) is 0.639. The van der Waals surface area contributed by atoms with Gasteiger partial charge in [-0.05, 0) is 13.0 Å². The summed E-state index contributed by atoms with van der Waals surface area (Å²) < 4.78 is 27.2. The first-order valence-corrected chi connectivity index (χ1v) is 11.7. The molecule has 30 heavy (non-hydrogen) atoms. The normalized spacial score (nSPS) is 11.4. The van der Waals surface area contributed by atoms with Crippen molar-refractivity contribution in [3.63, 3.8) is 0 Å². The largest absolute Gasteiger partial charge is 0.358 e. The number of thiocarbonyl (C=S) groups is 1. The van der Waals surface area contributed by atoms with E-state index in [2.05, 4.69) is 9.97 Å². The van der Waals surface area contributed by atoms with Crippen LogP contribution in [0.1, 0.15) is 11.4 Å². The number of ketones is 1. The van der Waals surface area contributed by atoms with Crippen molar-refractivity contribution in [2.24, 2.45) is 0 Å². The monoisotopic (exact) mass is 460 g/mol. The number of carbonyl (C=O) groups excluding carboxylic acids is 1. The first-order valence-electron chi connectivity index (χ1n) is 9.02. The fourth-order valence-electron chi connectivity index (χ4n) is 3.01. The van der Waals surface area contributed by atoms with Gasteiger partial charge in [-0.25, -0.2) is 13.4 Å². The quantitative estimate of drug-likeness (QED) is 0.498. The summed E-state index contributed by atoms with van der Waals surface area (Å²) >= 11 is 10.8. The van der Waals surface area contributed by atoms with E-state index in [-0.39, 0.29) is 6.54 Å².